The standard InChI is InChI=1S/C15H15N3O/c1-12-2-6-15(7-3-12)19-9-8-17-14-5-4-13(10-16)18-11-14/h2-7,11,17H,8-9H2,1H3. The number of nitrogens with zero attached hydrogens (tertiary/aromatic N) is 2. The van der Waals surface area contributed by atoms with Crippen molar-refractivity contribution in [2.24, 2.45) is 0 Å². The molecule has 2 aromatic rings. The Bertz CT molecular complexity index is 555. The quantitative estimate of drug-likeness (QED) is 0.832. The molecule has 0 saturated heterocycles. The molecule has 0 fully saturated rings. The van der Waals surface area contributed by atoms with Crippen LogP contribution in [0.5, 0.6) is 5.75 Å². The second-order valence-corrected chi connectivity index (χ2v) is 4.13. The molecule has 1 aromatic carbocycles. The Morgan fingerprint density at radius 3 is 2.63 bits per heavy atom. The van der Waals surface area contributed by atoms with E-state index in [1.54, 1.807) is 12.3 Å². The minimum Gasteiger partial charge on any atom is -0.492 e. The van der Waals surface area contributed by atoms with Gasteiger partial charge < -0.3 is 10.1 Å². The molecular weight excluding hydrogens is 238 g/mol. The van der Waals surface area contributed by atoms with E-state index in [-0.39, 0.29) is 0 Å². The topological polar surface area (TPSA) is 57.9 Å². The molecule has 0 unspecified atom stereocenters. The minimum atomic E-state index is 0.418. The van der Waals surface area contributed by atoms with Gasteiger partial charge >= 0.3 is 0 Å². The van der Waals surface area contributed by atoms with Crippen molar-refractivity contribution in [2.75, 3.05) is 18.5 Å². The Balaban J connectivity index is 1.74. The number of ether oxygens (including phenoxy) is 1. The van der Waals surface area contributed by atoms with Crippen LogP contribution in [0.4, 0.5) is 5.69 Å². The lowest BCUT2D eigenvalue weighted by Gasteiger charge is -2.08. The summed E-state index contributed by atoms with van der Waals surface area (Å²) in [5.41, 5.74) is 2.52. The maximum Gasteiger partial charge on any atom is 0.140 e. The summed E-state index contributed by atoms with van der Waals surface area (Å²) >= 11 is 0. The first-order chi connectivity index (χ1) is 9.28. The summed E-state index contributed by atoms with van der Waals surface area (Å²) < 4.78 is 5.59. The zero-order chi connectivity index (χ0) is 13.5. The molecule has 0 saturated carbocycles. The van der Waals surface area contributed by atoms with Gasteiger partial charge in [0.1, 0.15) is 24.1 Å². The summed E-state index contributed by atoms with van der Waals surface area (Å²) in [5, 5.41) is 11.8. The van der Waals surface area contributed by atoms with Crippen LogP contribution in [0.3, 0.4) is 0 Å². The predicted molar refractivity (Wildman–Crippen MR) is 74.1 cm³/mol. The number of anilines is 1. The first-order valence-electron chi connectivity index (χ1n) is 6.07. The van der Waals surface area contributed by atoms with E-state index in [1.165, 1.54) is 5.56 Å². The van der Waals surface area contributed by atoms with E-state index in [4.69, 9.17) is 10.00 Å². The number of rotatable bonds is 5. The minimum absolute atomic E-state index is 0.418. The maximum absolute atomic E-state index is 8.64. The highest BCUT2D eigenvalue weighted by molar-refractivity contribution is 5.42. The number of nitrogens with one attached hydrogen (secondary N) is 1. The van der Waals surface area contributed by atoms with Crippen LogP contribution < -0.4 is 10.1 Å². The summed E-state index contributed by atoms with van der Waals surface area (Å²) in [5.74, 6) is 0.866. The highest BCUT2D eigenvalue weighted by Crippen LogP contribution is 2.11. The van der Waals surface area contributed by atoms with Crippen LogP contribution in [0.2, 0.25) is 0 Å². The van der Waals surface area contributed by atoms with Crippen molar-refractivity contribution in [1.29, 1.82) is 5.26 Å². The summed E-state index contributed by atoms with van der Waals surface area (Å²) in [4.78, 5) is 3.98. The van der Waals surface area contributed by atoms with Gasteiger partial charge in [-0.1, -0.05) is 17.7 Å². The van der Waals surface area contributed by atoms with E-state index >= 15 is 0 Å². The van der Waals surface area contributed by atoms with Crippen LogP contribution in [0.15, 0.2) is 42.6 Å². The first kappa shape index (κ1) is 12.9. The van der Waals surface area contributed by atoms with Gasteiger partial charge in [-0.05, 0) is 31.2 Å². The smallest absolute Gasteiger partial charge is 0.140 e. The van der Waals surface area contributed by atoms with E-state index in [0.717, 1.165) is 11.4 Å². The molecule has 0 atom stereocenters. The highest BCUT2D eigenvalue weighted by Gasteiger charge is 1.95. The SMILES string of the molecule is Cc1ccc(OCCNc2ccc(C#N)nc2)cc1. The third-order valence-electron chi connectivity index (χ3n) is 2.60. The van der Waals surface area contributed by atoms with E-state index in [2.05, 4.69) is 10.3 Å². The van der Waals surface area contributed by atoms with Crippen molar-refractivity contribution in [3.05, 3.63) is 53.9 Å². The molecule has 1 aromatic heterocycles. The summed E-state index contributed by atoms with van der Waals surface area (Å²) in [6, 6.07) is 13.5. The second kappa shape index (κ2) is 6.41. The van der Waals surface area contributed by atoms with Crippen molar-refractivity contribution in [2.45, 2.75) is 6.92 Å². The number of pyridine rings is 1. The second-order valence-electron chi connectivity index (χ2n) is 4.13. The van der Waals surface area contributed by atoms with Crippen molar-refractivity contribution >= 4 is 5.69 Å². The lowest BCUT2D eigenvalue weighted by Crippen LogP contribution is -2.11. The van der Waals surface area contributed by atoms with Crippen LogP contribution in [0.25, 0.3) is 0 Å². The predicted octanol–water partition coefficient (Wildman–Crippen LogP) is 2.75. The molecule has 0 radical (unpaired) electrons. The van der Waals surface area contributed by atoms with Crippen LogP contribution >= 0.6 is 0 Å². The number of hydrogen-bond acceptors (Lipinski definition) is 4. The fourth-order valence-corrected chi connectivity index (χ4v) is 1.56. The molecule has 0 aliphatic rings. The molecule has 2 rings (SSSR count). The van der Waals surface area contributed by atoms with Gasteiger partial charge in [0.15, 0.2) is 0 Å². The van der Waals surface area contributed by atoms with Crippen LogP contribution in [-0.2, 0) is 0 Å². The van der Waals surface area contributed by atoms with Gasteiger partial charge in [-0.25, -0.2) is 4.98 Å². The molecule has 0 spiro atoms. The number of aryl methyl sites for hydroxylation is 1. The summed E-state index contributed by atoms with van der Waals surface area (Å²) in [6.45, 7) is 3.30. The first-order valence-corrected chi connectivity index (χ1v) is 6.07. The lowest BCUT2D eigenvalue weighted by molar-refractivity contribution is 0.333. The van der Waals surface area contributed by atoms with E-state index < -0.39 is 0 Å². The molecule has 1 N–H and O–H groups in total. The normalized spacial score (nSPS) is 9.68. The Hall–Kier alpha value is -2.54. The van der Waals surface area contributed by atoms with Crippen LogP contribution in [0.1, 0.15) is 11.3 Å². The number of aromatic nitrogens is 1. The molecule has 96 valence electrons. The molecule has 4 heteroatoms. The van der Waals surface area contributed by atoms with Crippen LogP contribution in [0, 0.1) is 18.3 Å². The number of benzene rings is 1. The molecule has 19 heavy (non-hydrogen) atoms. The average Bonchev–Trinajstić information content (AvgIpc) is 2.46. The molecule has 0 aliphatic carbocycles. The van der Waals surface area contributed by atoms with Crippen molar-refractivity contribution in [3.8, 4) is 11.8 Å². The van der Waals surface area contributed by atoms with Crippen LogP contribution in [-0.4, -0.2) is 18.1 Å². The van der Waals surface area contributed by atoms with Crippen molar-refractivity contribution in [1.82, 2.24) is 4.98 Å². The third kappa shape index (κ3) is 4.00. The van der Waals surface area contributed by atoms with Gasteiger partial charge in [-0.15, -0.1) is 0 Å². The Labute approximate surface area is 112 Å². The average molecular weight is 253 g/mol. The molecule has 4 nitrogen and oxygen atoms in total. The fraction of sp³-hybridized carbons (Fsp3) is 0.200. The van der Waals surface area contributed by atoms with Gasteiger partial charge in [0.25, 0.3) is 0 Å². The zero-order valence-corrected chi connectivity index (χ0v) is 10.8. The maximum atomic E-state index is 8.64. The molecule has 0 aliphatic heterocycles. The highest BCUT2D eigenvalue weighted by atomic mass is 16.5. The number of hydrogen-bond donors (Lipinski definition) is 1. The van der Waals surface area contributed by atoms with Gasteiger partial charge in [0.05, 0.1) is 11.9 Å². The Kier molecular flexibility index (Phi) is 4.35. The fourth-order valence-electron chi connectivity index (χ4n) is 1.56. The molecule has 0 amide bonds. The van der Waals surface area contributed by atoms with E-state index in [9.17, 15) is 0 Å². The molecule has 1 heterocycles. The van der Waals surface area contributed by atoms with Gasteiger partial charge in [-0.3, -0.25) is 0 Å². The van der Waals surface area contributed by atoms with Gasteiger partial charge in [0, 0.05) is 6.54 Å². The van der Waals surface area contributed by atoms with Crippen molar-refractivity contribution in [3.63, 3.8) is 0 Å². The van der Waals surface area contributed by atoms with Gasteiger partial charge in [-0.2, -0.15) is 5.26 Å². The largest absolute Gasteiger partial charge is 0.492 e. The van der Waals surface area contributed by atoms with Gasteiger partial charge in [0.2, 0.25) is 0 Å². The monoisotopic (exact) mass is 253 g/mol. The van der Waals surface area contributed by atoms with E-state index in [1.807, 2.05) is 43.3 Å². The van der Waals surface area contributed by atoms with E-state index in [0.29, 0.717) is 18.8 Å². The third-order valence-corrected chi connectivity index (χ3v) is 2.60. The molecular formula is C15H15N3O. The van der Waals surface area contributed by atoms with Crippen molar-refractivity contribution < 1.29 is 4.74 Å². The Morgan fingerprint density at radius 1 is 1.21 bits per heavy atom. The summed E-state index contributed by atoms with van der Waals surface area (Å²) in [6.07, 6.45) is 1.64. The zero-order valence-electron chi connectivity index (χ0n) is 10.8. The molecule has 0 bridgehead atoms. The Morgan fingerprint density at radius 2 is 2.00 bits per heavy atom. The number of nitriles is 1. The summed E-state index contributed by atoms with van der Waals surface area (Å²) in [7, 11) is 0. The lowest BCUT2D eigenvalue weighted by atomic mass is 10.2.